The standard InChI is InChI=1S/C21H30N4O3.2ClH/c1-24-9-11-25(12-10-24)20(27)15-3-4-18(28-2)17(13-15)23-19(26)16-14-21(16)5-7-22-8-6-21;;/h3-4,13,16,22H,5-12,14H2,1-2H3,(H,23,26);2*1H. The third kappa shape index (κ3) is 5.02. The minimum absolute atomic E-state index is 0. The molecule has 1 aliphatic carbocycles. The van der Waals surface area contributed by atoms with E-state index in [1.807, 2.05) is 4.90 Å². The van der Waals surface area contributed by atoms with Crippen LogP contribution in [0.1, 0.15) is 29.6 Å². The number of piperazine rings is 1. The zero-order valence-electron chi connectivity index (χ0n) is 17.6. The molecule has 1 aromatic carbocycles. The first-order valence-corrected chi connectivity index (χ1v) is 10.2. The summed E-state index contributed by atoms with van der Waals surface area (Å²) in [5, 5.41) is 6.40. The number of nitrogens with zero attached hydrogens (tertiary/aromatic N) is 2. The predicted octanol–water partition coefficient (Wildman–Crippen LogP) is 2.25. The Labute approximate surface area is 190 Å². The average molecular weight is 459 g/mol. The van der Waals surface area contributed by atoms with Crippen LogP contribution in [0, 0.1) is 11.3 Å². The number of carbonyl (C=O) groups is 2. The molecule has 3 aliphatic rings. The number of benzene rings is 1. The van der Waals surface area contributed by atoms with Crippen molar-refractivity contribution in [3.8, 4) is 5.75 Å². The molecule has 30 heavy (non-hydrogen) atoms. The molecule has 1 unspecified atom stereocenters. The third-order valence-corrected chi connectivity index (χ3v) is 6.60. The molecule has 1 atom stereocenters. The Bertz CT molecular complexity index is 763. The second kappa shape index (κ2) is 10.2. The Balaban J connectivity index is 0.00000160. The average Bonchev–Trinajstić information content (AvgIpc) is 3.41. The summed E-state index contributed by atoms with van der Waals surface area (Å²) in [6.07, 6.45) is 3.08. The molecule has 1 aromatic rings. The maximum atomic E-state index is 12.9. The zero-order valence-corrected chi connectivity index (χ0v) is 19.2. The molecule has 4 rings (SSSR count). The van der Waals surface area contributed by atoms with Crippen LogP contribution in [0.15, 0.2) is 18.2 Å². The Hall–Kier alpha value is -1.54. The fraction of sp³-hybridized carbons (Fsp3) is 0.619. The van der Waals surface area contributed by atoms with Crippen molar-refractivity contribution >= 4 is 42.3 Å². The number of ether oxygens (including phenoxy) is 1. The Morgan fingerprint density at radius 2 is 1.80 bits per heavy atom. The molecule has 2 amide bonds. The number of methoxy groups -OCH3 is 1. The Morgan fingerprint density at radius 1 is 1.13 bits per heavy atom. The minimum atomic E-state index is 0. The second-order valence-electron chi connectivity index (χ2n) is 8.37. The highest BCUT2D eigenvalue weighted by atomic mass is 35.5. The maximum absolute atomic E-state index is 12.9. The van der Waals surface area contributed by atoms with Gasteiger partial charge >= 0.3 is 0 Å². The topological polar surface area (TPSA) is 73.9 Å². The molecular weight excluding hydrogens is 427 g/mol. The molecule has 2 aliphatic heterocycles. The maximum Gasteiger partial charge on any atom is 0.254 e. The number of piperidine rings is 1. The molecule has 7 nitrogen and oxygen atoms in total. The highest BCUT2D eigenvalue weighted by Gasteiger charge is 2.57. The molecule has 0 radical (unpaired) electrons. The van der Waals surface area contributed by atoms with Crippen LogP contribution in [-0.4, -0.2) is 75.0 Å². The Kier molecular flexibility index (Phi) is 8.39. The van der Waals surface area contributed by atoms with Crippen molar-refractivity contribution in [2.75, 3.05) is 58.7 Å². The first-order valence-electron chi connectivity index (χ1n) is 10.2. The van der Waals surface area contributed by atoms with Gasteiger partial charge in [-0.2, -0.15) is 0 Å². The number of carbonyl (C=O) groups excluding carboxylic acids is 2. The van der Waals surface area contributed by atoms with E-state index in [1.165, 1.54) is 0 Å². The zero-order chi connectivity index (χ0) is 19.7. The lowest BCUT2D eigenvalue weighted by molar-refractivity contribution is -0.118. The van der Waals surface area contributed by atoms with Crippen LogP contribution in [0.2, 0.25) is 0 Å². The van der Waals surface area contributed by atoms with Gasteiger partial charge in [-0.25, -0.2) is 0 Å². The number of hydrogen-bond acceptors (Lipinski definition) is 5. The summed E-state index contributed by atoms with van der Waals surface area (Å²) in [4.78, 5) is 29.8. The van der Waals surface area contributed by atoms with E-state index in [-0.39, 0.29) is 48.0 Å². The van der Waals surface area contributed by atoms with Gasteiger partial charge in [0.05, 0.1) is 12.8 Å². The molecule has 2 heterocycles. The number of anilines is 1. The van der Waals surface area contributed by atoms with Crippen LogP contribution in [0.4, 0.5) is 5.69 Å². The van der Waals surface area contributed by atoms with Crippen molar-refractivity contribution in [1.82, 2.24) is 15.1 Å². The van der Waals surface area contributed by atoms with E-state index in [4.69, 9.17) is 4.74 Å². The van der Waals surface area contributed by atoms with Crippen LogP contribution in [0.25, 0.3) is 0 Å². The summed E-state index contributed by atoms with van der Waals surface area (Å²) in [5.41, 5.74) is 1.35. The van der Waals surface area contributed by atoms with Gasteiger partial charge < -0.3 is 25.2 Å². The summed E-state index contributed by atoms with van der Waals surface area (Å²) in [6, 6.07) is 5.31. The van der Waals surface area contributed by atoms with E-state index in [9.17, 15) is 9.59 Å². The summed E-state index contributed by atoms with van der Waals surface area (Å²) < 4.78 is 5.42. The minimum Gasteiger partial charge on any atom is -0.495 e. The lowest BCUT2D eigenvalue weighted by Gasteiger charge is -2.32. The molecule has 0 bridgehead atoms. The molecule has 1 spiro atoms. The van der Waals surface area contributed by atoms with Crippen molar-refractivity contribution in [1.29, 1.82) is 0 Å². The molecule has 0 aromatic heterocycles. The van der Waals surface area contributed by atoms with Crippen LogP contribution in [0.3, 0.4) is 0 Å². The quantitative estimate of drug-likeness (QED) is 0.723. The number of amides is 2. The second-order valence-corrected chi connectivity index (χ2v) is 8.37. The lowest BCUT2D eigenvalue weighted by atomic mass is 9.92. The van der Waals surface area contributed by atoms with Crippen LogP contribution >= 0.6 is 24.8 Å². The van der Waals surface area contributed by atoms with E-state index < -0.39 is 0 Å². The summed E-state index contributed by atoms with van der Waals surface area (Å²) in [5.74, 6) is 0.705. The van der Waals surface area contributed by atoms with Gasteiger partial charge in [-0.3, -0.25) is 9.59 Å². The van der Waals surface area contributed by atoms with Crippen LogP contribution in [0.5, 0.6) is 5.75 Å². The first kappa shape index (κ1) is 24.7. The number of halogens is 2. The summed E-state index contributed by atoms with van der Waals surface area (Å²) in [6.45, 7) is 5.18. The molecule has 9 heteroatoms. The van der Waals surface area contributed by atoms with Crippen molar-refractivity contribution in [3.63, 3.8) is 0 Å². The Morgan fingerprint density at radius 3 is 2.43 bits per heavy atom. The van der Waals surface area contributed by atoms with Crippen molar-refractivity contribution < 1.29 is 14.3 Å². The SMILES string of the molecule is COc1ccc(C(=O)N2CCN(C)CC2)cc1NC(=O)C1CC12CCNCC2.Cl.Cl. The summed E-state index contributed by atoms with van der Waals surface area (Å²) in [7, 11) is 3.65. The monoisotopic (exact) mass is 458 g/mol. The van der Waals surface area contributed by atoms with Crippen molar-refractivity contribution in [2.24, 2.45) is 11.3 Å². The highest BCUT2D eigenvalue weighted by molar-refractivity contribution is 6.00. The van der Waals surface area contributed by atoms with Crippen LogP contribution in [-0.2, 0) is 4.79 Å². The fourth-order valence-electron chi connectivity index (χ4n) is 4.55. The first-order chi connectivity index (χ1) is 13.5. The third-order valence-electron chi connectivity index (χ3n) is 6.60. The van der Waals surface area contributed by atoms with E-state index in [1.54, 1.807) is 25.3 Å². The number of hydrogen-bond donors (Lipinski definition) is 2. The van der Waals surface area contributed by atoms with Gasteiger partial charge in [0, 0.05) is 37.7 Å². The van der Waals surface area contributed by atoms with E-state index in [2.05, 4.69) is 22.6 Å². The van der Waals surface area contributed by atoms with E-state index >= 15 is 0 Å². The highest BCUT2D eigenvalue weighted by Crippen LogP contribution is 2.58. The van der Waals surface area contributed by atoms with Gasteiger partial charge in [0.2, 0.25) is 5.91 Å². The van der Waals surface area contributed by atoms with Gasteiger partial charge in [0.1, 0.15) is 5.75 Å². The lowest BCUT2D eigenvalue weighted by Crippen LogP contribution is -2.47. The van der Waals surface area contributed by atoms with Gasteiger partial charge in [0.25, 0.3) is 5.91 Å². The summed E-state index contributed by atoms with van der Waals surface area (Å²) >= 11 is 0. The van der Waals surface area contributed by atoms with Crippen LogP contribution < -0.4 is 15.4 Å². The van der Waals surface area contributed by atoms with Gasteiger partial charge in [-0.15, -0.1) is 24.8 Å². The number of rotatable bonds is 4. The van der Waals surface area contributed by atoms with Gasteiger partial charge in [-0.1, -0.05) is 0 Å². The van der Waals surface area contributed by atoms with Crippen molar-refractivity contribution in [2.45, 2.75) is 19.3 Å². The molecule has 168 valence electrons. The molecule has 2 N–H and O–H groups in total. The number of likely N-dealkylation sites (N-methyl/N-ethyl adjacent to an activating group) is 1. The fourth-order valence-corrected chi connectivity index (χ4v) is 4.55. The normalized spacial score (nSPS) is 22.5. The molecule has 3 fully saturated rings. The van der Waals surface area contributed by atoms with Crippen molar-refractivity contribution in [3.05, 3.63) is 23.8 Å². The van der Waals surface area contributed by atoms with E-state index in [0.29, 0.717) is 17.0 Å². The smallest absolute Gasteiger partial charge is 0.254 e. The predicted molar refractivity (Wildman–Crippen MR) is 122 cm³/mol. The van der Waals surface area contributed by atoms with Gasteiger partial charge in [0.15, 0.2) is 0 Å². The number of nitrogens with one attached hydrogen (secondary N) is 2. The molecular formula is C21H32Cl2N4O3. The largest absolute Gasteiger partial charge is 0.495 e. The van der Waals surface area contributed by atoms with Gasteiger partial charge in [-0.05, 0) is 63.0 Å². The molecule has 1 saturated carbocycles. The van der Waals surface area contributed by atoms with E-state index in [0.717, 1.165) is 58.5 Å². The molecule has 2 saturated heterocycles.